The van der Waals surface area contributed by atoms with E-state index in [-0.39, 0.29) is 6.54 Å². The van der Waals surface area contributed by atoms with Crippen LogP contribution in [0, 0.1) is 5.92 Å². The minimum atomic E-state index is -3.72. The second kappa shape index (κ2) is 5.94. The largest absolute Gasteiger partial charge is 0.481 e. The van der Waals surface area contributed by atoms with Crippen molar-refractivity contribution < 1.29 is 22.7 Å². The van der Waals surface area contributed by atoms with Gasteiger partial charge in [-0.05, 0) is 31.9 Å². The number of carboxylic acids is 1. The number of hydrogen-bond acceptors (Lipinski definition) is 4. The fourth-order valence-corrected chi connectivity index (χ4v) is 3.71. The molecule has 20 heavy (non-hydrogen) atoms. The lowest BCUT2D eigenvalue weighted by Crippen LogP contribution is -2.47. The highest BCUT2D eigenvalue weighted by Gasteiger charge is 2.33. The molecule has 1 aliphatic rings. The Morgan fingerprint density at radius 1 is 1.60 bits per heavy atom. The molecule has 1 aliphatic heterocycles. The minimum absolute atomic E-state index is 0.00947. The van der Waals surface area contributed by atoms with Crippen LogP contribution < -0.4 is 4.72 Å². The molecule has 7 nitrogen and oxygen atoms in total. The van der Waals surface area contributed by atoms with Gasteiger partial charge in [-0.25, -0.2) is 0 Å². The summed E-state index contributed by atoms with van der Waals surface area (Å²) in [6.07, 6.45) is 2.53. The molecule has 2 rings (SSSR count). The number of rotatable bonds is 5. The van der Waals surface area contributed by atoms with Crippen molar-refractivity contribution in [3.63, 3.8) is 0 Å². The lowest BCUT2D eigenvalue weighted by atomic mass is 10.0. The predicted octanol–water partition coefficient (Wildman–Crippen LogP) is 0.972. The van der Waals surface area contributed by atoms with E-state index in [4.69, 9.17) is 9.52 Å². The molecule has 2 atom stereocenters. The van der Waals surface area contributed by atoms with E-state index in [0.717, 1.165) is 0 Å². The molecule has 1 aromatic rings. The lowest BCUT2D eigenvalue weighted by molar-refractivity contribution is -0.142. The normalized spacial score (nSPS) is 22.6. The van der Waals surface area contributed by atoms with Gasteiger partial charge in [-0.15, -0.1) is 0 Å². The Morgan fingerprint density at radius 3 is 2.95 bits per heavy atom. The van der Waals surface area contributed by atoms with Gasteiger partial charge in [-0.1, -0.05) is 0 Å². The third kappa shape index (κ3) is 3.38. The molecule has 2 N–H and O–H groups in total. The Balaban J connectivity index is 2.04. The van der Waals surface area contributed by atoms with Crippen LogP contribution in [0.1, 0.15) is 31.6 Å². The number of nitrogens with zero attached hydrogens (tertiary/aromatic N) is 1. The standard InChI is InChI=1S/C12H18N2O5S/c1-9(11-5-3-7-19-11)13-20(17,18)14-6-2-4-10(8-14)12(15)16/h3,5,7,9-10,13H,2,4,6,8H2,1H3,(H,15,16)/t9-,10?/m1/s1. The quantitative estimate of drug-likeness (QED) is 0.844. The van der Waals surface area contributed by atoms with Gasteiger partial charge in [0.15, 0.2) is 0 Å². The van der Waals surface area contributed by atoms with Crippen LogP contribution >= 0.6 is 0 Å². The predicted molar refractivity (Wildman–Crippen MR) is 71.1 cm³/mol. The summed E-state index contributed by atoms with van der Waals surface area (Å²) in [5.74, 6) is -1.08. The maximum Gasteiger partial charge on any atom is 0.307 e. The zero-order chi connectivity index (χ0) is 14.8. The summed E-state index contributed by atoms with van der Waals surface area (Å²) < 4.78 is 33.3. The van der Waals surface area contributed by atoms with Gasteiger partial charge in [0.05, 0.1) is 18.2 Å². The molecule has 8 heteroatoms. The van der Waals surface area contributed by atoms with Crippen LogP contribution in [-0.2, 0) is 15.0 Å². The van der Waals surface area contributed by atoms with Gasteiger partial charge < -0.3 is 9.52 Å². The van der Waals surface area contributed by atoms with E-state index in [1.807, 2.05) is 0 Å². The number of carboxylic acid groups (broad SMARTS) is 1. The zero-order valence-electron chi connectivity index (χ0n) is 11.2. The van der Waals surface area contributed by atoms with Gasteiger partial charge in [0.25, 0.3) is 10.2 Å². The molecule has 0 saturated carbocycles. The molecule has 2 heterocycles. The molecule has 0 spiro atoms. The number of furan rings is 1. The molecule has 1 unspecified atom stereocenters. The lowest BCUT2D eigenvalue weighted by Gasteiger charge is -2.30. The van der Waals surface area contributed by atoms with Gasteiger partial charge >= 0.3 is 5.97 Å². The van der Waals surface area contributed by atoms with Crippen LogP contribution in [-0.4, -0.2) is 36.9 Å². The van der Waals surface area contributed by atoms with Crippen molar-refractivity contribution in [1.29, 1.82) is 0 Å². The monoisotopic (exact) mass is 302 g/mol. The summed E-state index contributed by atoms with van der Waals surface area (Å²) in [5.41, 5.74) is 0. The smallest absolute Gasteiger partial charge is 0.307 e. The van der Waals surface area contributed by atoms with Crippen LogP contribution in [0.4, 0.5) is 0 Å². The Bertz CT molecular complexity index is 554. The number of hydrogen-bond donors (Lipinski definition) is 2. The number of aliphatic carboxylic acids is 1. The molecule has 1 fully saturated rings. The van der Waals surface area contributed by atoms with Gasteiger partial charge in [0.2, 0.25) is 0 Å². The third-order valence-electron chi connectivity index (χ3n) is 3.37. The van der Waals surface area contributed by atoms with Crippen LogP contribution in [0.2, 0.25) is 0 Å². The van der Waals surface area contributed by atoms with Crippen molar-refractivity contribution in [2.24, 2.45) is 5.92 Å². The van der Waals surface area contributed by atoms with Crippen molar-refractivity contribution in [3.8, 4) is 0 Å². The summed E-state index contributed by atoms with van der Waals surface area (Å²) in [4.78, 5) is 11.0. The van der Waals surface area contributed by atoms with Crippen molar-refractivity contribution in [2.45, 2.75) is 25.8 Å². The summed E-state index contributed by atoms with van der Waals surface area (Å²) in [5, 5.41) is 9.00. The first-order chi connectivity index (χ1) is 9.40. The van der Waals surface area contributed by atoms with E-state index in [2.05, 4.69) is 4.72 Å². The molecular formula is C12H18N2O5S. The Labute approximate surface area is 117 Å². The van der Waals surface area contributed by atoms with Crippen molar-refractivity contribution in [2.75, 3.05) is 13.1 Å². The Morgan fingerprint density at radius 2 is 2.35 bits per heavy atom. The van der Waals surface area contributed by atoms with Crippen LogP contribution in [0.15, 0.2) is 22.8 Å². The highest BCUT2D eigenvalue weighted by atomic mass is 32.2. The van der Waals surface area contributed by atoms with Crippen molar-refractivity contribution in [1.82, 2.24) is 9.03 Å². The maximum absolute atomic E-state index is 12.2. The second-order valence-corrected chi connectivity index (χ2v) is 6.60. The molecule has 1 aromatic heterocycles. The molecular weight excluding hydrogens is 284 g/mol. The summed E-state index contributed by atoms with van der Waals surface area (Å²) in [7, 11) is -3.72. The van der Waals surface area contributed by atoms with E-state index >= 15 is 0 Å². The van der Waals surface area contributed by atoms with Gasteiger partial charge in [0, 0.05) is 13.1 Å². The zero-order valence-corrected chi connectivity index (χ0v) is 12.0. The SMILES string of the molecule is C[C@@H](NS(=O)(=O)N1CCCC(C(=O)O)C1)c1ccco1. The first-order valence-corrected chi connectivity index (χ1v) is 7.88. The fraction of sp³-hybridized carbons (Fsp3) is 0.583. The average molecular weight is 302 g/mol. The molecule has 0 radical (unpaired) electrons. The maximum atomic E-state index is 12.2. The van der Waals surface area contributed by atoms with E-state index < -0.39 is 28.1 Å². The van der Waals surface area contributed by atoms with E-state index in [1.54, 1.807) is 19.1 Å². The van der Waals surface area contributed by atoms with Crippen LogP contribution in [0.3, 0.4) is 0 Å². The van der Waals surface area contributed by atoms with Crippen molar-refractivity contribution in [3.05, 3.63) is 24.2 Å². The Hall–Kier alpha value is -1.38. The molecule has 0 amide bonds. The van der Waals surface area contributed by atoms with E-state index in [0.29, 0.717) is 25.1 Å². The van der Waals surface area contributed by atoms with Gasteiger partial charge in [0.1, 0.15) is 5.76 Å². The van der Waals surface area contributed by atoms with E-state index in [1.165, 1.54) is 10.6 Å². The molecule has 1 saturated heterocycles. The van der Waals surface area contributed by atoms with Crippen LogP contribution in [0.5, 0.6) is 0 Å². The Kier molecular flexibility index (Phi) is 4.46. The highest BCUT2D eigenvalue weighted by Crippen LogP contribution is 2.21. The average Bonchev–Trinajstić information content (AvgIpc) is 2.92. The summed E-state index contributed by atoms with van der Waals surface area (Å²) in [6.45, 7) is 2.02. The first-order valence-electron chi connectivity index (χ1n) is 6.44. The topological polar surface area (TPSA) is 99.9 Å². The first kappa shape index (κ1) is 15.0. The minimum Gasteiger partial charge on any atom is -0.481 e. The molecule has 112 valence electrons. The summed E-state index contributed by atoms with van der Waals surface area (Å²) in [6, 6.07) is 2.87. The third-order valence-corrected chi connectivity index (χ3v) is 5.03. The number of carbonyl (C=O) groups is 1. The fourth-order valence-electron chi connectivity index (χ4n) is 2.26. The molecule has 0 aliphatic carbocycles. The van der Waals surface area contributed by atoms with E-state index in [9.17, 15) is 13.2 Å². The van der Waals surface area contributed by atoms with Gasteiger partial charge in [-0.3, -0.25) is 4.79 Å². The number of nitrogens with one attached hydrogen (secondary N) is 1. The number of piperidine rings is 1. The highest BCUT2D eigenvalue weighted by molar-refractivity contribution is 7.87. The van der Waals surface area contributed by atoms with Crippen LogP contribution in [0.25, 0.3) is 0 Å². The summed E-state index contributed by atoms with van der Waals surface area (Å²) >= 11 is 0. The second-order valence-electron chi connectivity index (χ2n) is 4.90. The van der Waals surface area contributed by atoms with Crippen molar-refractivity contribution >= 4 is 16.2 Å². The molecule has 0 bridgehead atoms. The van der Waals surface area contributed by atoms with Gasteiger partial charge in [-0.2, -0.15) is 17.4 Å². The molecule has 0 aromatic carbocycles.